The molecule has 0 aliphatic rings. The molecule has 48 heavy (non-hydrogen) atoms. The van der Waals surface area contributed by atoms with Gasteiger partial charge >= 0.3 is 0 Å². The topological polar surface area (TPSA) is 22.2 Å². The quantitative estimate of drug-likeness (QED) is 0.182. The molecule has 3 heterocycles. The number of pyridine rings is 1. The Morgan fingerprint density at radius 3 is 1.60 bits per heavy atom. The molecular weight excluding hydrogens is 583 g/mol. The van der Waals surface area contributed by atoms with Gasteiger partial charge in [0.2, 0.25) is 0 Å². The minimum Gasteiger partial charge on any atom is -0.309 e. The van der Waals surface area contributed by atoms with Gasteiger partial charge in [0.05, 0.1) is 27.8 Å². The molecule has 0 unspecified atom stereocenters. The zero-order valence-corrected chi connectivity index (χ0v) is 26.1. The van der Waals surface area contributed by atoms with Crippen molar-refractivity contribution in [2.45, 2.75) is 0 Å². The van der Waals surface area contributed by atoms with E-state index in [2.05, 4.69) is 185 Å². The van der Waals surface area contributed by atoms with E-state index in [9.17, 15) is 0 Å². The normalized spacial score (nSPS) is 11.8. The Kier molecular flexibility index (Phi) is 5.87. The van der Waals surface area contributed by atoms with Crippen molar-refractivity contribution in [1.29, 1.82) is 0 Å². The van der Waals surface area contributed by atoms with Crippen LogP contribution in [0.3, 0.4) is 0 Å². The molecule has 0 fully saturated rings. The first-order valence-electron chi connectivity index (χ1n) is 16.4. The van der Waals surface area contributed by atoms with Gasteiger partial charge in [-0.3, -0.25) is 4.40 Å². The first kappa shape index (κ1) is 26.7. The summed E-state index contributed by atoms with van der Waals surface area (Å²) in [6.07, 6.45) is 0. The standard InChI is InChI=1S/C45H29N3/c1-4-14-30(15-5-1)31-24-26-32(27-25-31)43-44-36-21-11-10-20-35(36)41-40(48(44)45(46-43)33-16-6-2-7-17-33)29-28-39-42(41)37-22-12-13-23-38(37)47(39)34-18-8-3-9-19-34/h1-29H. The van der Waals surface area contributed by atoms with Crippen LogP contribution < -0.4 is 0 Å². The third kappa shape index (κ3) is 3.91. The largest absolute Gasteiger partial charge is 0.309 e. The SMILES string of the molecule is c1ccc(-c2ccc(-c3nc(-c4ccccc4)n4c5ccc6c(c7ccccc7n6-c6ccccc6)c5c5ccccc5c34)cc2)cc1. The third-order valence-electron chi connectivity index (χ3n) is 9.70. The number of aromatic nitrogens is 3. The molecule has 0 bridgehead atoms. The molecule has 0 radical (unpaired) electrons. The number of fused-ring (bicyclic) bond motifs is 10. The summed E-state index contributed by atoms with van der Waals surface area (Å²) in [5.74, 6) is 0.939. The molecule has 0 atom stereocenters. The van der Waals surface area contributed by atoms with Gasteiger partial charge in [0.15, 0.2) is 0 Å². The second kappa shape index (κ2) is 10.5. The molecule has 0 N–H and O–H groups in total. The molecule has 0 aliphatic heterocycles. The van der Waals surface area contributed by atoms with Crippen molar-refractivity contribution in [2.75, 3.05) is 0 Å². The van der Waals surface area contributed by atoms with Crippen molar-refractivity contribution in [3.63, 3.8) is 0 Å². The lowest BCUT2D eigenvalue weighted by atomic mass is 9.98. The van der Waals surface area contributed by atoms with Crippen LogP contribution >= 0.6 is 0 Å². The Morgan fingerprint density at radius 1 is 0.354 bits per heavy atom. The summed E-state index contributed by atoms with van der Waals surface area (Å²) in [7, 11) is 0. The Labute approximate surface area is 277 Å². The second-order valence-electron chi connectivity index (χ2n) is 12.4. The fourth-order valence-electron chi connectivity index (χ4n) is 7.61. The van der Waals surface area contributed by atoms with Crippen molar-refractivity contribution < 1.29 is 0 Å². The van der Waals surface area contributed by atoms with E-state index in [0.29, 0.717) is 0 Å². The number of para-hydroxylation sites is 2. The maximum Gasteiger partial charge on any atom is 0.145 e. The minimum absolute atomic E-state index is 0.939. The lowest BCUT2D eigenvalue weighted by Gasteiger charge is -2.14. The van der Waals surface area contributed by atoms with Gasteiger partial charge in [-0.15, -0.1) is 0 Å². The highest BCUT2D eigenvalue weighted by atomic mass is 15.0. The highest BCUT2D eigenvalue weighted by Crippen LogP contribution is 2.44. The van der Waals surface area contributed by atoms with Crippen LogP contribution in [0.25, 0.3) is 88.5 Å². The summed E-state index contributed by atoms with van der Waals surface area (Å²) in [5.41, 5.74) is 11.4. The molecular formula is C45H29N3. The Bertz CT molecular complexity index is 2790. The van der Waals surface area contributed by atoms with E-state index >= 15 is 0 Å². The summed E-state index contributed by atoms with van der Waals surface area (Å²) >= 11 is 0. The zero-order chi connectivity index (χ0) is 31.6. The summed E-state index contributed by atoms with van der Waals surface area (Å²) in [6.45, 7) is 0. The van der Waals surface area contributed by atoms with E-state index in [1.807, 2.05) is 0 Å². The monoisotopic (exact) mass is 611 g/mol. The Morgan fingerprint density at radius 2 is 0.875 bits per heavy atom. The molecule has 0 amide bonds. The smallest absolute Gasteiger partial charge is 0.145 e. The van der Waals surface area contributed by atoms with Crippen LogP contribution in [-0.2, 0) is 0 Å². The molecule has 0 aliphatic carbocycles. The number of hydrogen-bond acceptors (Lipinski definition) is 1. The molecule has 10 aromatic rings. The fraction of sp³-hybridized carbons (Fsp3) is 0. The van der Waals surface area contributed by atoms with Crippen LogP contribution in [0.2, 0.25) is 0 Å². The summed E-state index contributed by atoms with van der Waals surface area (Å²) in [5, 5.41) is 6.15. The maximum atomic E-state index is 5.49. The molecule has 10 rings (SSSR count). The Balaban J connectivity index is 1.36. The van der Waals surface area contributed by atoms with Gasteiger partial charge < -0.3 is 4.57 Å². The van der Waals surface area contributed by atoms with Crippen LogP contribution in [0.1, 0.15) is 0 Å². The van der Waals surface area contributed by atoms with Gasteiger partial charge in [0, 0.05) is 38.4 Å². The van der Waals surface area contributed by atoms with E-state index in [0.717, 1.165) is 39.4 Å². The zero-order valence-electron chi connectivity index (χ0n) is 26.1. The maximum absolute atomic E-state index is 5.49. The third-order valence-corrected chi connectivity index (χ3v) is 9.70. The van der Waals surface area contributed by atoms with Gasteiger partial charge in [0.25, 0.3) is 0 Å². The molecule has 0 saturated heterocycles. The molecule has 3 nitrogen and oxygen atoms in total. The number of rotatable bonds is 4. The van der Waals surface area contributed by atoms with Gasteiger partial charge in [0.1, 0.15) is 5.82 Å². The average molecular weight is 612 g/mol. The fourth-order valence-corrected chi connectivity index (χ4v) is 7.61. The van der Waals surface area contributed by atoms with Crippen molar-refractivity contribution in [3.05, 3.63) is 176 Å². The van der Waals surface area contributed by atoms with Gasteiger partial charge in [-0.2, -0.15) is 0 Å². The van der Waals surface area contributed by atoms with Crippen LogP contribution in [0.15, 0.2) is 176 Å². The molecule has 224 valence electrons. The highest BCUT2D eigenvalue weighted by Gasteiger charge is 2.23. The van der Waals surface area contributed by atoms with E-state index in [4.69, 9.17) is 4.98 Å². The van der Waals surface area contributed by atoms with E-state index in [1.165, 1.54) is 49.1 Å². The van der Waals surface area contributed by atoms with Crippen LogP contribution in [0.5, 0.6) is 0 Å². The molecule has 3 heteroatoms. The van der Waals surface area contributed by atoms with E-state index in [1.54, 1.807) is 0 Å². The van der Waals surface area contributed by atoms with Gasteiger partial charge in [-0.05, 0) is 46.8 Å². The van der Waals surface area contributed by atoms with Crippen molar-refractivity contribution in [2.24, 2.45) is 0 Å². The number of nitrogens with zero attached hydrogens (tertiary/aromatic N) is 3. The summed E-state index contributed by atoms with van der Waals surface area (Å²) in [6, 6.07) is 62.9. The lowest BCUT2D eigenvalue weighted by molar-refractivity contribution is 1.18. The Hall–Kier alpha value is -6.45. The van der Waals surface area contributed by atoms with Crippen LogP contribution in [0.4, 0.5) is 0 Å². The predicted molar refractivity (Wildman–Crippen MR) is 201 cm³/mol. The molecule has 7 aromatic carbocycles. The molecule has 0 saturated carbocycles. The average Bonchev–Trinajstić information content (AvgIpc) is 3.73. The summed E-state index contributed by atoms with van der Waals surface area (Å²) < 4.78 is 4.80. The lowest BCUT2D eigenvalue weighted by Crippen LogP contribution is -1.96. The number of imidazole rings is 1. The van der Waals surface area contributed by atoms with Gasteiger partial charge in [-0.25, -0.2) is 4.98 Å². The number of hydrogen-bond donors (Lipinski definition) is 0. The first-order chi connectivity index (χ1) is 23.8. The van der Waals surface area contributed by atoms with Gasteiger partial charge in [-0.1, -0.05) is 146 Å². The van der Waals surface area contributed by atoms with E-state index in [-0.39, 0.29) is 0 Å². The predicted octanol–water partition coefficient (Wildman–Crippen LogP) is 11.7. The van der Waals surface area contributed by atoms with Crippen molar-refractivity contribution >= 4 is 49.0 Å². The molecule has 3 aromatic heterocycles. The highest BCUT2D eigenvalue weighted by molar-refractivity contribution is 6.30. The van der Waals surface area contributed by atoms with Crippen LogP contribution in [0, 0.1) is 0 Å². The van der Waals surface area contributed by atoms with Crippen LogP contribution in [-0.4, -0.2) is 14.0 Å². The van der Waals surface area contributed by atoms with Crippen molar-refractivity contribution in [3.8, 4) is 39.5 Å². The minimum atomic E-state index is 0.939. The first-order valence-corrected chi connectivity index (χ1v) is 16.4. The van der Waals surface area contributed by atoms with Crippen molar-refractivity contribution in [1.82, 2.24) is 14.0 Å². The van der Waals surface area contributed by atoms with E-state index < -0.39 is 0 Å². The number of benzene rings is 7. The molecule has 0 spiro atoms. The summed E-state index contributed by atoms with van der Waals surface area (Å²) in [4.78, 5) is 5.49. The second-order valence-corrected chi connectivity index (χ2v) is 12.4.